The third-order valence-electron chi connectivity index (χ3n) is 3.82. The lowest BCUT2D eigenvalue weighted by Crippen LogP contribution is -2.43. The van der Waals surface area contributed by atoms with E-state index in [4.69, 9.17) is 9.47 Å². The van der Waals surface area contributed by atoms with Gasteiger partial charge in [0.2, 0.25) is 0 Å². The molecule has 4 unspecified atom stereocenters. The number of carbonyl (C=O) groups excluding carboxylic acids is 1. The van der Waals surface area contributed by atoms with Crippen LogP contribution < -0.4 is 5.32 Å². The number of rotatable bonds is 2. The Hall–Kier alpha value is -0.330. The van der Waals surface area contributed by atoms with Gasteiger partial charge in [0.05, 0.1) is 17.5 Å². The predicted octanol–water partition coefficient (Wildman–Crippen LogP) is 1.81. The van der Waals surface area contributed by atoms with Gasteiger partial charge >= 0.3 is 6.09 Å². The minimum absolute atomic E-state index is 0.00895. The average molecular weight is 336 g/mol. The van der Waals surface area contributed by atoms with Crippen LogP contribution in [-0.2, 0) is 9.47 Å². The zero-order valence-corrected chi connectivity index (χ0v) is 13.2. The first-order valence-corrected chi connectivity index (χ1v) is 7.55. The average Bonchev–Trinajstić information content (AvgIpc) is 2.77. The second-order valence-electron chi connectivity index (χ2n) is 6.46. The molecule has 1 heterocycles. The van der Waals surface area contributed by atoms with Crippen LogP contribution in [-0.4, -0.2) is 47.0 Å². The largest absolute Gasteiger partial charge is 0.444 e. The van der Waals surface area contributed by atoms with E-state index in [-0.39, 0.29) is 29.0 Å². The molecular formula is C13H22BrNO4. The number of nitrogens with one attached hydrogen (secondary N) is 1. The van der Waals surface area contributed by atoms with Crippen molar-refractivity contribution in [3.63, 3.8) is 0 Å². The van der Waals surface area contributed by atoms with Crippen LogP contribution in [0.4, 0.5) is 4.79 Å². The molecule has 2 aliphatic rings. The summed E-state index contributed by atoms with van der Waals surface area (Å²) in [4.78, 5) is 11.8. The molecule has 6 heteroatoms. The van der Waals surface area contributed by atoms with Gasteiger partial charge in [-0.05, 0) is 33.6 Å². The third kappa shape index (κ3) is 3.06. The lowest BCUT2D eigenvalue weighted by molar-refractivity contribution is 0.0415. The standard InChI is InChI=1S/C13H22BrNO4/c1-12(2,3)19-11(17)15-8-6-13(7-16)4-5-18-10(13)9(8)14/h8-10,16H,4-7H2,1-3H3,(H,15,17). The summed E-state index contributed by atoms with van der Waals surface area (Å²) < 4.78 is 11.0. The van der Waals surface area contributed by atoms with Crippen LogP contribution in [0.2, 0.25) is 0 Å². The van der Waals surface area contributed by atoms with Gasteiger partial charge in [-0.15, -0.1) is 0 Å². The highest BCUT2D eigenvalue weighted by Crippen LogP contribution is 2.49. The van der Waals surface area contributed by atoms with E-state index in [1.165, 1.54) is 0 Å². The van der Waals surface area contributed by atoms with Crippen LogP contribution in [0.1, 0.15) is 33.6 Å². The first kappa shape index (κ1) is 15.1. The number of aliphatic hydroxyl groups is 1. The van der Waals surface area contributed by atoms with E-state index in [1.807, 2.05) is 20.8 Å². The maximum Gasteiger partial charge on any atom is 0.407 e. The summed E-state index contributed by atoms with van der Waals surface area (Å²) in [5.74, 6) is 0. The second-order valence-corrected chi connectivity index (χ2v) is 7.52. The Kier molecular flexibility index (Phi) is 4.14. The SMILES string of the molecule is CC(C)(C)OC(=O)NC1CC2(CO)CCOC2C1Br. The Balaban J connectivity index is 1.98. The Morgan fingerprint density at radius 3 is 2.79 bits per heavy atom. The van der Waals surface area contributed by atoms with Crippen molar-refractivity contribution in [3.8, 4) is 0 Å². The number of hydrogen-bond acceptors (Lipinski definition) is 4. The summed E-state index contributed by atoms with van der Waals surface area (Å²) in [6.45, 7) is 6.26. The number of alkyl carbamates (subject to hydrolysis) is 1. The van der Waals surface area contributed by atoms with E-state index in [9.17, 15) is 9.90 Å². The fraction of sp³-hybridized carbons (Fsp3) is 0.923. The summed E-state index contributed by atoms with van der Waals surface area (Å²) >= 11 is 3.59. The predicted molar refractivity (Wildman–Crippen MR) is 74.4 cm³/mol. The Morgan fingerprint density at radius 1 is 1.58 bits per heavy atom. The molecule has 110 valence electrons. The van der Waals surface area contributed by atoms with Crippen molar-refractivity contribution < 1.29 is 19.4 Å². The van der Waals surface area contributed by atoms with Gasteiger partial charge in [0, 0.05) is 18.1 Å². The van der Waals surface area contributed by atoms with E-state index in [0.29, 0.717) is 13.0 Å². The number of aliphatic hydroxyl groups excluding tert-OH is 1. The van der Waals surface area contributed by atoms with Crippen molar-refractivity contribution in [2.45, 2.75) is 56.2 Å². The molecule has 1 amide bonds. The summed E-state index contributed by atoms with van der Waals surface area (Å²) in [6.07, 6.45) is 1.08. The number of amides is 1. The quantitative estimate of drug-likeness (QED) is 0.755. The normalized spacial score (nSPS) is 38.1. The first-order chi connectivity index (χ1) is 8.77. The molecule has 0 aromatic heterocycles. The third-order valence-corrected chi connectivity index (χ3v) is 4.94. The molecule has 2 fully saturated rings. The molecule has 1 aliphatic heterocycles. The molecule has 4 atom stereocenters. The van der Waals surface area contributed by atoms with Crippen LogP contribution in [0.25, 0.3) is 0 Å². The van der Waals surface area contributed by atoms with Crippen molar-refractivity contribution in [3.05, 3.63) is 0 Å². The van der Waals surface area contributed by atoms with Gasteiger partial charge in [-0.3, -0.25) is 0 Å². The van der Waals surface area contributed by atoms with Crippen LogP contribution in [0, 0.1) is 5.41 Å². The molecule has 1 saturated carbocycles. The fourth-order valence-corrected chi connectivity index (χ4v) is 3.97. The lowest BCUT2D eigenvalue weighted by Gasteiger charge is -2.25. The maximum absolute atomic E-state index is 11.8. The van der Waals surface area contributed by atoms with Gasteiger partial charge in [-0.2, -0.15) is 0 Å². The number of alkyl halides is 1. The van der Waals surface area contributed by atoms with Crippen molar-refractivity contribution >= 4 is 22.0 Å². The highest BCUT2D eigenvalue weighted by atomic mass is 79.9. The van der Waals surface area contributed by atoms with E-state index in [1.54, 1.807) is 0 Å². The number of halogens is 1. The summed E-state index contributed by atoms with van der Waals surface area (Å²) in [5, 5.41) is 12.5. The van der Waals surface area contributed by atoms with Crippen molar-refractivity contribution in [2.75, 3.05) is 13.2 Å². The maximum atomic E-state index is 11.8. The number of hydrogen-bond donors (Lipinski definition) is 2. The van der Waals surface area contributed by atoms with Gasteiger partial charge in [0.15, 0.2) is 0 Å². The summed E-state index contributed by atoms with van der Waals surface area (Å²) in [7, 11) is 0. The highest BCUT2D eigenvalue weighted by molar-refractivity contribution is 9.09. The van der Waals surface area contributed by atoms with E-state index >= 15 is 0 Å². The number of fused-ring (bicyclic) bond motifs is 1. The Labute approximate surface area is 122 Å². The molecule has 1 saturated heterocycles. The van der Waals surface area contributed by atoms with Gasteiger partial charge in [-0.1, -0.05) is 15.9 Å². The molecule has 0 radical (unpaired) electrons. The van der Waals surface area contributed by atoms with Crippen molar-refractivity contribution in [1.82, 2.24) is 5.32 Å². The van der Waals surface area contributed by atoms with E-state index in [0.717, 1.165) is 6.42 Å². The van der Waals surface area contributed by atoms with Crippen LogP contribution in [0.5, 0.6) is 0 Å². The first-order valence-electron chi connectivity index (χ1n) is 6.63. The fourth-order valence-electron chi connectivity index (χ4n) is 2.94. The smallest absolute Gasteiger partial charge is 0.407 e. The number of carbonyl (C=O) groups is 1. The second kappa shape index (κ2) is 5.22. The topological polar surface area (TPSA) is 67.8 Å². The molecule has 19 heavy (non-hydrogen) atoms. The zero-order valence-electron chi connectivity index (χ0n) is 11.6. The van der Waals surface area contributed by atoms with Crippen molar-refractivity contribution in [2.24, 2.45) is 5.41 Å². The van der Waals surface area contributed by atoms with Gasteiger partial charge in [0.25, 0.3) is 0 Å². The van der Waals surface area contributed by atoms with Crippen LogP contribution >= 0.6 is 15.9 Å². The summed E-state index contributed by atoms with van der Waals surface area (Å²) in [5.41, 5.74) is -0.737. The molecule has 0 spiro atoms. The van der Waals surface area contributed by atoms with Crippen molar-refractivity contribution in [1.29, 1.82) is 0 Å². The molecule has 0 aromatic carbocycles. The molecule has 1 aliphatic carbocycles. The molecule has 2 rings (SSSR count). The molecule has 0 aromatic rings. The van der Waals surface area contributed by atoms with Gasteiger partial charge in [-0.25, -0.2) is 4.79 Å². The van der Waals surface area contributed by atoms with Gasteiger partial charge in [0.1, 0.15) is 5.60 Å². The van der Waals surface area contributed by atoms with E-state index in [2.05, 4.69) is 21.2 Å². The Morgan fingerprint density at radius 2 is 2.26 bits per heavy atom. The van der Waals surface area contributed by atoms with Gasteiger partial charge < -0.3 is 19.9 Å². The lowest BCUT2D eigenvalue weighted by atomic mass is 9.84. The number of ether oxygens (including phenoxy) is 2. The molecular weight excluding hydrogens is 314 g/mol. The van der Waals surface area contributed by atoms with Crippen LogP contribution in [0.15, 0.2) is 0 Å². The zero-order chi connectivity index (χ0) is 14.3. The summed E-state index contributed by atoms with van der Waals surface area (Å²) in [6, 6.07) is -0.0766. The monoisotopic (exact) mass is 335 g/mol. The minimum Gasteiger partial charge on any atom is -0.444 e. The highest BCUT2D eigenvalue weighted by Gasteiger charge is 2.56. The molecule has 0 bridgehead atoms. The Bertz CT molecular complexity index is 357. The molecule has 2 N–H and O–H groups in total. The minimum atomic E-state index is -0.508. The van der Waals surface area contributed by atoms with Crippen LogP contribution in [0.3, 0.4) is 0 Å². The van der Waals surface area contributed by atoms with E-state index < -0.39 is 11.7 Å². The molecule has 5 nitrogen and oxygen atoms in total.